The molecule has 1 heterocycles. The van der Waals surface area contributed by atoms with Gasteiger partial charge in [-0.25, -0.2) is 5.10 Å². The van der Waals surface area contributed by atoms with Gasteiger partial charge in [0.1, 0.15) is 6.10 Å². The summed E-state index contributed by atoms with van der Waals surface area (Å²) in [5.41, 5.74) is 7.12. The zero-order valence-corrected chi connectivity index (χ0v) is 12.4. The van der Waals surface area contributed by atoms with Crippen LogP contribution in [0.15, 0.2) is 23.0 Å². The lowest BCUT2D eigenvalue weighted by Gasteiger charge is -2.15. The lowest BCUT2D eigenvalue weighted by molar-refractivity contribution is 0.214. The molecule has 1 saturated carbocycles. The first kappa shape index (κ1) is 14.4. The molecular formula is C14H13Cl2N3O2. The van der Waals surface area contributed by atoms with Gasteiger partial charge in [-0.3, -0.25) is 4.79 Å². The molecule has 0 aliphatic heterocycles. The first-order valence-corrected chi connectivity index (χ1v) is 7.25. The molecule has 4 N–H and O–H groups in total. The molecule has 7 heteroatoms. The van der Waals surface area contributed by atoms with Crippen LogP contribution in [0.2, 0.25) is 10.0 Å². The van der Waals surface area contributed by atoms with Crippen LogP contribution in [-0.4, -0.2) is 15.3 Å². The summed E-state index contributed by atoms with van der Waals surface area (Å²) in [6.45, 7) is 0. The summed E-state index contributed by atoms with van der Waals surface area (Å²) in [6.07, 6.45) is 0.831. The fourth-order valence-corrected chi connectivity index (χ4v) is 3.00. The minimum atomic E-state index is -1.13. The van der Waals surface area contributed by atoms with E-state index in [0.717, 1.165) is 12.8 Å². The standard InChI is InChI=1S/C14H13Cl2N3O2/c15-9-3-7(17)4-10(16)12(9)13(20)11-5-8(6-1-2-6)14(21)19-18-11/h3-6,13,20H,1-2,17H2,(H,19,21). The van der Waals surface area contributed by atoms with Crippen molar-refractivity contribution in [2.75, 3.05) is 5.73 Å². The van der Waals surface area contributed by atoms with Gasteiger partial charge in [-0.2, -0.15) is 5.10 Å². The lowest BCUT2D eigenvalue weighted by Crippen LogP contribution is -2.17. The molecule has 1 aliphatic rings. The third-order valence-corrected chi connectivity index (χ3v) is 4.15. The van der Waals surface area contributed by atoms with Crippen molar-refractivity contribution >= 4 is 28.9 Å². The summed E-state index contributed by atoms with van der Waals surface area (Å²) in [5.74, 6) is 0.250. The van der Waals surface area contributed by atoms with Crippen LogP contribution in [-0.2, 0) is 0 Å². The number of hydrogen-bond donors (Lipinski definition) is 3. The number of aliphatic hydroxyl groups excluding tert-OH is 1. The van der Waals surface area contributed by atoms with E-state index in [9.17, 15) is 9.90 Å². The lowest BCUT2D eigenvalue weighted by atomic mass is 10.0. The number of anilines is 1. The Kier molecular flexibility index (Phi) is 3.65. The Hall–Kier alpha value is -1.56. The second-order valence-corrected chi connectivity index (χ2v) is 5.97. The zero-order chi connectivity index (χ0) is 15.1. The monoisotopic (exact) mass is 325 g/mol. The molecule has 5 nitrogen and oxygen atoms in total. The molecule has 1 aliphatic carbocycles. The van der Waals surface area contributed by atoms with Crippen LogP contribution < -0.4 is 11.3 Å². The summed E-state index contributed by atoms with van der Waals surface area (Å²) >= 11 is 12.2. The summed E-state index contributed by atoms with van der Waals surface area (Å²) < 4.78 is 0. The Labute approximate surface area is 130 Å². The Morgan fingerprint density at radius 3 is 2.48 bits per heavy atom. The number of aromatic amines is 1. The molecule has 1 atom stereocenters. The van der Waals surface area contributed by atoms with Gasteiger partial charge in [-0.15, -0.1) is 0 Å². The highest BCUT2D eigenvalue weighted by Crippen LogP contribution is 2.40. The van der Waals surface area contributed by atoms with E-state index in [1.807, 2.05) is 0 Å². The summed E-state index contributed by atoms with van der Waals surface area (Å²) in [7, 11) is 0. The van der Waals surface area contributed by atoms with E-state index in [-0.39, 0.29) is 21.5 Å². The number of aliphatic hydroxyl groups is 1. The van der Waals surface area contributed by atoms with Crippen LogP contribution >= 0.6 is 23.2 Å². The van der Waals surface area contributed by atoms with Gasteiger partial charge < -0.3 is 10.8 Å². The molecule has 1 unspecified atom stereocenters. The molecule has 1 aromatic carbocycles. The normalized spacial score (nSPS) is 16.0. The largest absolute Gasteiger partial charge is 0.399 e. The zero-order valence-electron chi connectivity index (χ0n) is 10.9. The van der Waals surface area contributed by atoms with Crippen LogP contribution in [0.3, 0.4) is 0 Å². The predicted molar refractivity (Wildman–Crippen MR) is 81.8 cm³/mol. The van der Waals surface area contributed by atoms with Gasteiger partial charge in [0.05, 0.1) is 15.7 Å². The fraction of sp³-hybridized carbons (Fsp3) is 0.286. The van der Waals surface area contributed by atoms with Crippen LogP contribution in [0.5, 0.6) is 0 Å². The van der Waals surface area contributed by atoms with Crippen LogP contribution in [0.25, 0.3) is 0 Å². The van der Waals surface area contributed by atoms with E-state index in [1.165, 1.54) is 12.1 Å². The maximum Gasteiger partial charge on any atom is 0.267 e. The van der Waals surface area contributed by atoms with Gasteiger partial charge in [-0.1, -0.05) is 23.2 Å². The van der Waals surface area contributed by atoms with Crippen molar-refractivity contribution in [2.24, 2.45) is 0 Å². The molecule has 0 spiro atoms. The number of nitrogen functional groups attached to an aromatic ring is 1. The van der Waals surface area contributed by atoms with Gasteiger partial charge in [0, 0.05) is 16.8 Å². The predicted octanol–water partition coefficient (Wildman–Crippen LogP) is 2.62. The smallest absolute Gasteiger partial charge is 0.267 e. The van der Waals surface area contributed by atoms with Crippen molar-refractivity contribution < 1.29 is 5.11 Å². The van der Waals surface area contributed by atoms with Gasteiger partial charge >= 0.3 is 0 Å². The fourth-order valence-electron chi connectivity index (χ4n) is 2.29. The third-order valence-electron chi connectivity index (χ3n) is 3.52. The highest BCUT2D eigenvalue weighted by atomic mass is 35.5. The van der Waals surface area contributed by atoms with E-state index in [2.05, 4.69) is 10.2 Å². The minimum Gasteiger partial charge on any atom is -0.399 e. The number of nitrogens with two attached hydrogens (primary N) is 1. The number of hydrogen-bond acceptors (Lipinski definition) is 4. The average Bonchev–Trinajstić information content (AvgIpc) is 3.22. The van der Waals surface area contributed by atoms with Crippen molar-refractivity contribution in [1.29, 1.82) is 0 Å². The molecule has 110 valence electrons. The van der Waals surface area contributed by atoms with E-state index in [1.54, 1.807) is 6.07 Å². The number of halogens is 2. The summed E-state index contributed by atoms with van der Waals surface area (Å²) in [6, 6.07) is 4.64. The van der Waals surface area contributed by atoms with Crippen LogP contribution in [0, 0.1) is 0 Å². The van der Waals surface area contributed by atoms with Gasteiger partial charge in [0.15, 0.2) is 0 Å². The van der Waals surface area contributed by atoms with E-state index >= 15 is 0 Å². The van der Waals surface area contributed by atoms with Crippen molar-refractivity contribution in [3.8, 4) is 0 Å². The number of aromatic nitrogens is 2. The number of H-pyrrole nitrogens is 1. The average molecular weight is 326 g/mol. The van der Waals surface area contributed by atoms with Crippen LogP contribution in [0.1, 0.15) is 41.7 Å². The Bertz CT molecular complexity index is 733. The first-order valence-electron chi connectivity index (χ1n) is 6.49. The summed E-state index contributed by atoms with van der Waals surface area (Å²) in [5, 5.41) is 17.3. The Morgan fingerprint density at radius 1 is 1.29 bits per heavy atom. The van der Waals surface area contributed by atoms with E-state index < -0.39 is 6.10 Å². The van der Waals surface area contributed by atoms with Crippen molar-refractivity contribution in [3.05, 3.63) is 55.4 Å². The molecule has 2 aromatic rings. The van der Waals surface area contributed by atoms with Crippen molar-refractivity contribution in [3.63, 3.8) is 0 Å². The number of nitrogens with zero attached hydrogens (tertiary/aromatic N) is 1. The van der Waals surface area contributed by atoms with E-state index in [0.29, 0.717) is 22.5 Å². The molecule has 0 saturated heterocycles. The molecule has 0 radical (unpaired) electrons. The minimum absolute atomic E-state index is 0.219. The molecule has 0 bridgehead atoms. The maximum atomic E-state index is 11.7. The second-order valence-electron chi connectivity index (χ2n) is 5.15. The quantitative estimate of drug-likeness (QED) is 0.756. The summed E-state index contributed by atoms with van der Waals surface area (Å²) in [4.78, 5) is 11.7. The van der Waals surface area contributed by atoms with E-state index in [4.69, 9.17) is 28.9 Å². The molecule has 1 fully saturated rings. The topological polar surface area (TPSA) is 92.0 Å². The van der Waals surface area contributed by atoms with Gasteiger partial charge in [0.2, 0.25) is 0 Å². The third kappa shape index (κ3) is 2.77. The van der Waals surface area contributed by atoms with Crippen molar-refractivity contribution in [2.45, 2.75) is 24.9 Å². The van der Waals surface area contributed by atoms with Gasteiger partial charge in [0.25, 0.3) is 5.56 Å². The van der Waals surface area contributed by atoms with Crippen LogP contribution in [0.4, 0.5) is 5.69 Å². The van der Waals surface area contributed by atoms with Crippen molar-refractivity contribution in [1.82, 2.24) is 10.2 Å². The molecular weight excluding hydrogens is 313 g/mol. The Balaban J connectivity index is 2.04. The molecule has 1 aromatic heterocycles. The SMILES string of the molecule is Nc1cc(Cl)c(C(O)c2cc(C3CC3)c(=O)[nH]n2)c(Cl)c1. The second kappa shape index (κ2) is 5.33. The molecule has 21 heavy (non-hydrogen) atoms. The molecule has 3 rings (SSSR count). The van der Waals surface area contributed by atoms with Gasteiger partial charge in [-0.05, 0) is 37.0 Å². The first-order chi connectivity index (χ1) is 9.97. The molecule has 0 amide bonds. The highest BCUT2D eigenvalue weighted by molar-refractivity contribution is 6.36. The number of rotatable bonds is 3. The number of nitrogens with one attached hydrogen (secondary N) is 1. The highest BCUT2D eigenvalue weighted by Gasteiger charge is 2.28. The maximum absolute atomic E-state index is 11.7. The Morgan fingerprint density at radius 2 is 1.90 bits per heavy atom. The number of benzene rings is 1.